The second kappa shape index (κ2) is 5.84. The zero-order chi connectivity index (χ0) is 14.9. The van der Waals surface area contributed by atoms with Gasteiger partial charge in [0.05, 0.1) is 5.56 Å². The van der Waals surface area contributed by atoms with Crippen LogP contribution in [-0.2, 0) is 19.3 Å². The summed E-state index contributed by atoms with van der Waals surface area (Å²) in [5.41, 5.74) is 1.89. The number of carbonyl (C=O) groups is 1. The molecule has 4 nitrogen and oxygen atoms in total. The van der Waals surface area contributed by atoms with Crippen LogP contribution in [-0.4, -0.2) is 29.7 Å². The fourth-order valence-corrected chi connectivity index (χ4v) is 4.25. The third kappa shape index (κ3) is 3.40. The Kier molecular flexibility index (Phi) is 4.52. The Morgan fingerprint density at radius 3 is 2.80 bits per heavy atom. The van der Waals surface area contributed by atoms with Crippen LogP contribution in [0.2, 0.25) is 0 Å². The van der Waals surface area contributed by atoms with E-state index in [9.17, 15) is 9.90 Å². The Balaban J connectivity index is 2.25. The molecule has 0 fully saturated rings. The first-order valence-corrected chi connectivity index (χ1v) is 7.94. The highest BCUT2D eigenvalue weighted by Crippen LogP contribution is 2.41. The van der Waals surface area contributed by atoms with E-state index in [1.165, 1.54) is 4.88 Å². The normalized spacial score (nSPS) is 17.2. The number of nitrogens with two attached hydrogens (primary N) is 1. The number of fused-ring (bicyclic) bond motifs is 1. The zero-order valence-electron chi connectivity index (χ0n) is 12.5. The van der Waals surface area contributed by atoms with Gasteiger partial charge in [-0.3, -0.25) is 10.9 Å². The van der Waals surface area contributed by atoms with Crippen molar-refractivity contribution >= 4 is 17.3 Å². The van der Waals surface area contributed by atoms with E-state index in [4.69, 9.17) is 5.84 Å². The number of hydrogen-bond acceptors (Lipinski definition) is 4. The highest BCUT2D eigenvalue weighted by atomic mass is 32.1. The number of thiophene rings is 1. The molecule has 0 saturated heterocycles. The molecule has 0 amide bonds. The van der Waals surface area contributed by atoms with Gasteiger partial charge in [0.1, 0.15) is 0 Å². The van der Waals surface area contributed by atoms with Crippen LogP contribution in [0.5, 0.6) is 0 Å². The molecular formula is C15H24N2O2S. The molecule has 1 aromatic rings. The summed E-state index contributed by atoms with van der Waals surface area (Å²) in [6.07, 6.45) is 4.75. The number of nitrogens with zero attached hydrogens (tertiary/aromatic N) is 1. The number of hydrazine groups is 1. The minimum atomic E-state index is -0.767. The van der Waals surface area contributed by atoms with E-state index in [1.807, 2.05) is 7.05 Å². The topological polar surface area (TPSA) is 66.6 Å². The van der Waals surface area contributed by atoms with Crippen LogP contribution in [0.3, 0.4) is 0 Å². The van der Waals surface area contributed by atoms with Gasteiger partial charge in [-0.25, -0.2) is 4.79 Å². The second-order valence-electron chi connectivity index (χ2n) is 6.53. The average molecular weight is 296 g/mol. The van der Waals surface area contributed by atoms with Gasteiger partial charge in [-0.15, -0.1) is 11.3 Å². The average Bonchev–Trinajstić information content (AvgIpc) is 2.64. The fourth-order valence-electron chi connectivity index (χ4n) is 2.89. The SMILES string of the molecule is CN(N)CCCc1sc2c(c1C(=O)O)CC(C)(C)CC2. The van der Waals surface area contributed by atoms with E-state index in [0.717, 1.165) is 49.1 Å². The molecule has 1 aliphatic carbocycles. The molecule has 20 heavy (non-hydrogen) atoms. The summed E-state index contributed by atoms with van der Waals surface area (Å²) < 4.78 is 0. The predicted octanol–water partition coefficient (Wildman–Crippen LogP) is 2.70. The van der Waals surface area contributed by atoms with Crippen molar-refractivity contribution in [2.24, 2.45) is 11.3 Å². The molecule has 0 unspecified atom stereocenters. The number of carboxylic acids is 1. The molecule has 1 aliphatic rings. The maximum absolute atomic E-state index is 11.6. The lowest BCUT2D eigenvalue weighted by Gasteiger charge is -2.29. The summed E-state index contributed by atoms with van der Waals surface area (Å²) in [7, 11) is 1.83. The van der Waals surface area contributed by atoms with Crippen LogP contribution in [0.25, 0.3) is 0 Å². The maximum Gasteiger partial charge on any atom is 0.337 e. The third-order valence-electron chi connectivity index (χ3n) is 3.98. The molecule has 0 atom stereocenters. The van der Waals surface area contributed by atoms with Gasteiger partial charge in [0.15, 0.2) is 0 Å². The molecule has 0 bridgehead atoms. The van der Waals surface area contributed by atoms with E-state index in [1.54, 1.807) is 16.3 Å². The van der Waals surface area contributed by atoms with Crippen molar-refractivity contribution in [2.45, 2.75) is 46.0 Å². The molecule has 1 heterocycles. The minimum absolute atomic E-state index is 0.215. The monoisotopic (exact) mass is 296 g/mol. The largest absolute Gasteiger partial charge is 0.478 e. The van der Waals surface area contributed by atoms with Crippen LogP contribution >= 0.6 is 11.3 Å². The van der Waals surface area contributed by atoms with E-state index >= 15 is 0 Å². The standard InChI is InChI=1S/C15H24N2O2S/c1-15(2)7-6-11-10(9-15)13(14(18)19)12(20-11)5-4-8-17(3)16/h4-9,16H2,1-3H3,(H,18,19). The van der Waals surface area contributed by atoms with E-state index in [-0.39, 0.29) is 5.41 Å². The van der Waals surface area contributed by atoms with E-state index < -0.39 is 5.97 Å². The third-order valence-corrected chi connectivity index (χ3v) is 5.33. The lowest BCUT2D eigenvalue weighted by molar-refractivity contribution is 0.0694. The molecule has 1 aromatic heterocycles. The molecule has 3 N–H and O–H groups in total. The number of carboxylic acid groups (broad SMARTS) is 1. The van der Waals surface area contributed by atoms with Gasteiger partial charge in [0.2, 0.25) is 0 Å². The van der Waals surface area contributed by atoms with Crippen molar-refractivity contribution < 1.29 is 9.90 Å². The van der Waals surface area contributed by atoms with Gasteiger partial charge in [-0.05, 0) is 43.1 Å². The molecule has 2 rings (SSSR count). The summed E-state index contributed by atoms with van der Waals surface area (Å²) >= 11 is 1.70. The first-order valence-electron chi connectivity index (χ1n) is 7.13. The first kappa shape index (κ1) is 15.5. The van der Waals surface area contributed by atoms with Crippen molar-refractivity contribution in [1.82, 2.24) is 5.01 Å². The maximum atomic E-state index is 11.6. The molecule has 0 radical (unpaired) electrons. The predicted molar refractivity (Wildman–Crippen MR) is 82.2 cm³/mol. The van der Waals surface area contributed by atoms with Crippen molar-refractivity contribution in [2.75, 3.05) is 13.6 Å². The van der Waals surface area contributed by atoms with Gasteiger partial charge in [0.25, 0.3) is 0 Å². The molecule has 0 aromatic carbocycles. The highest BCUT2D eigenvalue weighted by molar-refractivity contribution is 7.12. The van der Waals surface area contributed by atoms with Crippen LogP contribution in [0.1, 0.15) is 52.4 Å². The van der Waals surface area contributed by atoms with Gasteiger partial charge >= 0.3 is 5.97 Å². The van der Waals surface area contributed by atoms with Gasteiger partial charge in [0, 0.05) is 23.3 Å². The summed E-state index contributed by atoms with van der Waals surface area (Å²) in [5, 5.41) is 11.2. The smallest absolute Gasteiger partial charge is 0.337 e. The second-order valence-corrected chi connectivity index (χ2v) is 7.72. The number of aryl methyl sites for hydroxylation is 2. The number of rotatable bonds is 5. The zero-order valence-corrected chi connectivity index (χ0v) is 13.3. The van der Waals surface area contributed by atoms with Crippen LogP contribution in [0.4, 0.5) is 0 Å². The quantitative estimate of drug-likeness (QED) is 0.647. The molecule has 0 saturated carbocycles. The Morgan fingerprint density at radius 2 is 2.20 bits per heavy atom. The summed E-state index contributed by atoms with van der Waals surface area (Å²) in [5.74, 6) is 4.84. The summed E-state index contributed by atoms with van der Waals surface area (Å²) in [6, 6.07) is 0. The Hall–Kier alpha value is -0.910. The Bertz CT molecular complexity index is 506. The van der Waals surface area contributed by atoms with Crippen LogP contribution in [0.15, 0.2) is 0 Å². The number of aromatic carboxylic acids is 1. The Morgan fingerprint density at radius 1 is 1.50 bits per heavy atom. The lowest BCUT2D eigenvalue weighted by Crippen LogP contribution is -2.27. The minimum Gasteiger partial charge on any atom is -0.478 e. The van der Waals surface area contributed by atoms with Gasteiger partial charge in [-0.2, -0.15) is 0 Å². The van der Waals surface area contributed by atoms with Gasteiger partial charge in [-0.1, -0.05) is 13.8 Å². The molecule has 0 spiro atoms. The van der Waals surface area contributed by atoms with Crippen molar-refractivity contribution in [3.63, 3.8) is 0 Å². The van der Waals surface area contributed by atoms with Crippen LogP contribution in [0, 0.1) is 5.41 Å². The molecular weight excluding hydrogens is 272 g/mol. The van der Waals surface area contributed by atoms with Crippen molar-refractivity contribution in [3.8, 4) is 0 Å². The lowest BCUT2D eigenvalue weighted by atomic mass is 9.76. The fraction of sp³-hybridized carbons (Fsp3) is 0.667. The molecule has 0 aliphatic heterocycles. The molecule has 112 valence electrons. The molecule has 5 heteroatoms. The first-order chi connectivity index (χ1) is 9.30. The van der Waals surface area contributed by atoms with Crippen molar-refractivity contribution in [3.05, 3.63) is 20.9 Å². The van der Waals surface area contributed by atoms with Crippen LogP contribution < -0.4 is 5.84 Å². The summed E-state index contributed by atoms with van der Waals surface area (Å²) in [6.45, 7) is 5.23. The highest BCUT2D eigenvalue weighted by Gasteiger charge is 2.32. The summed E-state index contributed by atoms with van der Waals surface area (Å²) in [4.78, 5) is 14.0. The van der Waals surface area contributed by atoms with E-state index in [0.29, 0.717) is 5.56 Å². The van der Waals surface area contributed by atoms with Gasteiger partial charge < -0.3 is 5.11 Å². The Labute approximate surface area is 124 Å². The van der Waals surface area contributed by atoms with Crippen molar-refractivity contribution in [1.29, 1.82) is 0 Å². The van der Waals surface area contributed by atoms with E-state index in [2.05, 4.69) is 13.8 Å². The number of hydrogen-bond donors (Lipinski definition) is 2.